The van der Waals surface area contributed by atoms with Crippen LogP contribution in [0.3, 0.4) is 0 Å². The molecule has 0 unspecified atom stereocenters. The van der Waals surface area contributed by atoms with Crippen molar-refractivity contribution in [3.05, 3.63) is 131 Å². The van der Waals surface area contributed by atoms with Gasteiger partial charge in [0.05, 0.1) is 57.2 Å². The van der Waals surface area contributed by atoms with Crippen molar-refractivity contribution < 1.29 is 38.1 Å². The van der Waals surface area contributed by atoms with Crippen LogP contribution in [0.2, 0.25) is 0 Å². The van der Waals surface area contributed by atoms with Gasteiger partial charge in [-0.15, -0.1) is 0 Å². The second kappa shape index (κ2) is 16.1. The number of methoxy groups -OCH3 is 2. The van der Waals surface area contributed by atoms with E-state index in [1.165, 1.54) is 78.2 Å². The molecule has 260 valence electrons. The monoisotopic (exact) mass is 702 g/mol. The zero-order valence-electron chi connectivity index (χ0n) is 27.6. The lowest BCUT2D eigenvalue weighted by Gasteiger charge is -2.10. The quantitative estimate of drug-likeness (QED) is 0.150. The van der Waals surface area contributed by atoms with Gasteiger partial charge < -0.3 is 19.7 Å². The number of ether oxygens (including phenoxy) is 2. The third-order valence-corrected chi connectivity index (χ3v) is 7.69. The highest BCUT2D eigenvalue weighted by molar-refractivity contribution is 5.98. The number of rotatable bonds is 10. The lowest BCUT2D eigenvalue weighted by molar-refractivity contribution is 0.0686. The number of hydrogen-bond acceptors (Lipinski definition) is 8. The summed E-state index contributed by atoms with van der Waals surface area (Å²) in [5, 5.41) is 46.6. The van der Waals surface area contributed by atoms with Crippen LogP contribution in [0.25, 0.3) is 45.0 Å². The van der Waals surface area contributed by atoms with Crippen molar-refractivity contribution in [2.24, 2.45) is 0 Å². The van der Waals surface area contributed by atoms with Crippen molar-refractivity contribution in [1.29, 1.82) is 10.5 Å². The summed E-state index contributed by atoms with van der Waals surface area (Å²) in [5.41, 5.74) is 4.14. The Labute approximate surface area is 295 Å². The lowest BCUT2D eigenvalue weighted by Crippen LogP contribution is -2.08. The Morgan fingerprint density at radius 1 is 0.654 bits per heavy atom. The molecular formula is C38H28F2N6O6. The largest absolute Gasteiger partial charge is 0.478 e. The van der Waals surface area contributed by atoms with Gasteiger partial charge in [-0.2, -0.15) is 20.7 Å². The van der Waals surface area contributed by atoms with Crippen molar-refractivity contribution in [1.82, 2.24) is 19.6 Å². The molecule has 2 heterocycles. The molecule has 2 aromatic heterocycles. The summed E-state index contributed by atoms with van der Waals surface area (Å²) in [6, 6.07) is 27.9. The molecule has 0 spiro atoms. The van der Waals surface area contributed by atoms with Gasteiger partial charge in [-0.3, -0.25) is 0 Å². The van der Waals surface area contributed by atoms with Gasteiger partial charge in [0.15, 0.2) is 0 Å². The van der Waals surface area contributed by atoms with Gasteiger partial charge in [-0.1, -0.05) is 12.1 Å². The number of nitriles is 2. The SMILES string of the molecule is COCn1nc(-c2c(C#N)cccc2C(=O)O)cc1-c1ccc(F)cc1.COCn1nc(-c2ccc(F)cc2)cc1-c1c(C#N)cccc1C(=O)O. The van der Waals surface area contributed by atoms with Gasteiger partial charge in [0.1, 0.15) is 25.1 Å². The third-order valence-electron chi connectivity index (χ3n) is 7.69. The van der Waals surface area contributed by atoms with Crippen molar-refractivity contribution in [3.8, 4) is 57.2 Å². The number of aromatic carboxylic acids is 2. The summed E-state index contributed by atoms with van der Waals surface area (Å²) in [6.45, 7) is 0.180. The molecule has 0 aliphatic heterocycles. The maximum atomic E-state index is 13.2. The van der Waals surface area contributed by atoms with Gasteiger partial charge in [-0.25, -0.2) is 27.7 Å². The predicted octanol–water partition coefficient (Wildman–Crippen LogP) is 7.06. The number of hydrogen-bond donors (Lipinski definition) is 2. The van der Waals surface area contributed by atoms with E-state index in [2.05, 4.69) is 10.2 Å². The molecule has 6 rings (SSSR count). The minimum Gasteiger partial charge on any atom is -0.478 e. The highest BCUT2D eigenvalue weighted by atomic mass is 19.1. The highest BCUT2D eigenvalue weighted by Crippen LogP contribution is 2.33. The maximum absolute atomic E-state index is 13.2. The molecule has 14 heteroatoms. The Hall–Kier alpha value is -7.00. The second-order valence-corrected chi connectivity index (χ2v) is 11.0. The van der Waals surface area contributed by atoms with Crippen LogP contribution in [0.15, 0.2) is 97.1 Å². The van der Waals surface area contributed by atoms with Gasteiger partial charge >= 0.3 is 11.9 Å². The van der Waals surface area contributed by atoms with E-state index in [-0.39, 0.29) is 58.5 Å². The Morgan fingerprint density at radius 2 is 1.10 bits per heavy atom. The van der Waals surface area contributed by atoms with E-state index in [1.807, 2.05) is 12.1 Å². The number of benzene rings is 4. The van der Waals surface area contributed by atoms with Crippen LogP contribution in [-0.2, 0) is 22.9 Å². The number of aromatic nitrogens is 4. The first kappa shape index (κ1) is 36.3. The van der Waals surface area contributed by atoms with Crippen LogP contribution in [0.1, 0.15) is 31.8 Å². The zero-order valence-corrected chi connectivity index (χ0v) is 27.6. The first-order chi connectivity index (χ1) is 25.1. The Balaban J connectivity index is 0.000000201. The molecule has 0 fully saturated rings. The van der Waals surface area contributed by atoms with E-state index in [0.29, 0.717) is 33.9 Å². The Bertz CT molecular complexity index is 2340. The van der Waals surface area contributed by atoms with Crippen LogP contribution in [0, 0.1) is 34.3 Å². The summed E-state index contributed by atoms with van der Waals surface area (Å²) in [4.78, 5) is 23.2. The average molecular weight is 703 g/mol. The molecular weight excluding hydrogens is 674 g/mol. The maximum Gasteiger partial charge on any atom is 0.336 e. The summed E-state index contributed by atoms with van der Waals surface area (Å²) in [7, 11) is 2.99. The molecule has 0 aliphatic carbocycles. The predicted molar refractivity (Wildman–Crippen MR) is 183 cm³/mol. The van der Waals surface area contributed by atoms with Gasteiger partial charge in [0, 0.05) is 36.5 Å². The van der Waals surface area contributed by atoms with Gasteiger partial charge in [0.25, 0.3) is 0 Å². The molecule has 0 aliphatic rings. The molecule has 52 heavy (non-hydrogen) atoms. The van der Waals surface area contributed by atoms with Crippen LogP contribution in [0.4, 0.5) is 8.78 Å². The zero-order chi connectivity index (χ0) is 37.4. The van der Waals surface area contributed by atoms with E-state index in [9.17, 15) is 39.1 Å². The smallest absolute Gasteiger partial charge is 0.336 e. The van der Waals surface area contributed by atoms with Crippen LogP contribution in [0.5, 0.6) is 0 Å². The molecule has 0 amide bonds. The molecule has 0 atom stereocenters. The minimum absolute atomic E-state index is 0.00745. The molecule has 6 aromatic rings. The number of carbonyl (C=O) groups is 2. The normalized spacial score (nSPS) is 10.5. The van der Waals surface area contributed by atoms with Crippen LogP contribution < -0.4 is 0 Å². The van der Waals surface area contributed by atoms with E-state index >= 15 is 0 Å². The Kier molecular flexibility index (Phi) is 11.3. The molecule has 2 N–H and O–H groups in total. The van der Waals surface area contributed by atoms with Crippen LogP contribution in [-0.4, -0.2) is 55.9 Å². The van der Waals surface area contributed by atoms with Crippen molar-refractivity contribution in [2.75, 3.05) is 14.2 Å². The summed E-state index contributed by atoms with van der Waals surface area (Å²) < 4.78 is 39.7. The minimum atomic E-state index is -1.15. The molecule has 0 bridgehead atoms. The molecule has 4 aromatic carbocycles. The van der Waals surface area contributed by atoms with Gasteiger partial charge in [-0.05, 0) is 84.9 Å². The average Bonchev–Trinajstić information content (AvgIpc) is 3.76. The second-order valence-electron chi connectivity index (χ2n) is 11.0. The fraction of sp³-hybridized carbons (Fsp3) is 0.105. The van der Waals surface area contributed by atoms with E-state index in [4.69, 9.17) is 9.47 Å². The first-order valence-electron chi connectivity index (χ1n) is 15.3. The number of halogens is 2. The molecule has 12 nitrogen and oxygen atoms in total. The van der Waals surface area contributed by atoms with E-state index in [1.54, 1.807) is 42.5 Å². The highest BCUT2D eigenvalue weighted by Gasteiger charge is 2.22. The summed E-state index contributed by atoms with van der Waals surface area (Å²) in [5.74, 6) is -3.03. The van der Waals surface area contributed by atoms with Crippen molar-refractivity contribution in [3.63, 3.8) is 0 Å². The topological polar surface area (TPSA) is 176 Å². The van der Waals surface area contributed by atoms with E-state index in [0.717, 1.165) is 0 Å². The van der Waals surface area contributed by atoms with Crippen molar-refractivity contribution in [2.45, 2.75) is 13.5 Å². The van der Waals surface area contributed by atoms with E-state index < -0.39 is 11.9 Å². The standard InChI is InChI=1S/2C19H14FN3O3/c1-26-11-23-17(12-5-7-14(20)8-6-12)9-16(22-23)18-13(10-21)3-2-4-15(18)19(24)25;1-26-11-23-17(9-16(22-23)12-5-7-14(20)8-6-12)18-13(10-21)3-2-4-15(18)19(24)25/h2*2-9H,11H2,1H3,(H,24,25). The van der Waals surface area contributed by atoms with Crippen molar-refractivity contribution >= 4 is 11.9 Å². The Morgan fingerprint density at radius 3 is 1.60 bits per heavy atom. The number of carboxylic acids is 2. The number of nitrogens with zero attached hydrogens (tertiary/aromatic N) is 6. The molecule has 0 saturated carbocycles. The van der Waals surface area contributed by atoms with Crippen LogP contribution >= 0.6 is 0 Å². The van der Waals surface area contributed by atoms with Gasteiger partial charge in [0.2, 0.25) is 0 Å². The third kappa shape index (κ3) is 7.74. The fourth-order valence-corrected chi connectivity index (χ4v) is 5.41. The summed E-state index contributed by atoms with van der Waals surface area (Å²) in [6.07, 6.45) is 0. The lowest BCUT2D eigenvalue weighted by atomic mass is 9.98. The fourth-order valence-electron chi connectivity index (χ4n) is 5.41. The molecule has 0 radical (unpaired) electrons. The summed E-state index contributed by atoms with van der Waals surface area (Å²) >= 11 is 0. The first-order valence-corrected chi connectivity index (χ1v) is 15.3. The number of carboxylic acid groups (broad SMARTS) is 2. The molecule has 0 saturated heterocycles.